The van der Waals surface area contributed by atoms with Crippen LogP contribution in [-0.2, 0) is 25.3 Å². The van der Waals surface area contributed by atoms with Crippen molar-refractivity contribution in [3.63, 3.8) is 0 Å². The Balaban J connectivity index is 0. The summed E-state index contributed by atoms with van der Waals surface area (Å²) in [5.74, 6) is 0. The zero-order valence-corrected chi connectivity index (χ0v) is 20.6. The Morgan fingerprint density at radius 3 is 1.39 bits per heavy atom. The summed E-state index contributed by atoms with van der Waals surface area (Å²) < 4.78 is 0. The van der Waals surface area contributed by atoms with Crippen molar-refractivity contribution in [2.75, 3.05) is 0 Å². The Kier molecular flexibility index (Phi) is 17.2. The van der Waals surface area contributed by atoms with Crippen LogP contribution in [0.5, 0.6) is 0 Å². The predicted molar refractivity (Wildman–Crippen MR) is 127 cm³/mol. The summed E-state index contributed by atoms with van der Waals surface area (Å²) in [7, 11) is 0. The van der Waals surface area contributed by atoms with Crippen molar-refractivity contribution in [2.45, 2.75) is 13.8 Å². The average molecular weight is 518 g/mol. The minimum Gasteiger partial charge on any atom is -0.741 e. The van der Waals surface area contributed by atoms with Crippen LogP contribution in [0.25, 0.3) is 0 Å². The van der Waals surface area contributed by atoms with E-state index in [2.05, 4.69) is 55.6 Å². The SMILES string of the molecule is C/C(=N\N=C(\N)[S-])c1ccccn1.C/C(=N\N=C(\N)[S-])c1ccccn1.O=[N+]([O-])[O-].[Ga+3]. The fourth-order valence-corrected chi connectivity index (χ4v) is 1.59. The quantitative estimate of drug-likeness (QED) is 0.146. The number of hydrogen-bond acceptors (Lipinski definition) is 11. The van der Waals surface area contributed by atoms with Crippen LogP contribution in [0.15, 0.2) is 69.2 Å². The Morgan fingerprint density at radius 2 is 1.16 bits per heavy atom. The van der Waals surface area contributed by atoms with Crippen molar-refractivity contribution >= 4 is 66.8 Å². The van der Waals surface area contributed by atoms with Crippen molar-refractivity contribution in [2.24, 2.45) is 31.9 Å². The van der Waals surface area contributed by atoms with Gasteiger partial charge in [0.05, 0.1) is 27.9 Å². The maximum atomic E-state index is 8.25. The molecule has 0 amide bonds. The molecule has 2 aromatic heterocycles. The maximum absolute atomic E-state index is 8.25. The summed E-state index contributed by atoms with van der Waals surface area (Å²) in [6.45, 7) is 3.59. The second-order valence-electron chi connectivity index (χ2n) is 4.90. The van der Waals surface area contributed by atoms with Crippen LogP contribution in [0.3, 0.4) is 0 Å². The molecule has 0 spiro atoms. The molecular formula is C16H18GaN9O3S2. The van der Waals surface area contributed by atoms with E-state index in [0.29, 0.717) is 11.4 Å². The van der Waals surface area contributed by atoms with Gasteiger partial charge in [0.25, 0.3) is 0 Å². The standard InChI is InChI=1S/2C8H10N4S.Ga.NO3/c2*1-6(11-12-8(9)13)7-4-2-3-5-10-7;;2-1(3)4/h2*2-5H,1H3,(H3,9,12,13);;/q;;+3;-1/p-2/b2*11-6+;;. The van der Waals surface area contributed by atoms with Gasteiger partial charge in [0.15, 0.2) is 0 Å². The van der Waals surface area contributed by atoms with Gasteiger partial charge < -0.3 is 52.0 Å². The van der Waals surface area contributed by atoms with Gasteiger partial charge >= 0.3 is 19.8 Å². The third kappa shape index (κ3) is 17.4. The van der Waals surface area contributed by atoms with Gasteiger partial charge in [0, 0.05) is 12.4 Å². The summed E-state index contributed by atoms with van der Waals surface area (Å²) in [5, 5.41) is 29.5. The van der Waals surface area contributed by atoms with Gasteiger partial charge in [-0.25, -0.2) is 0 Å². The van der Waals surface area contributed by atoms with Crippen LogP contribution in [0.4, 0.5) is 0 Å². The van der Waals surface area contributed by atoms with Crippen molar-refractivity contribution < 1.29 is 5.09 Å². The molecule has 15 heteroatoms. The molecule has 0 bridgehead atoms. The Labute approximate surface area is 202 Å². The van der Waals surface area contributed by atoms with E-state index in [0.717, 1.165) is 11.4 Å². The van der Waals surface area contributed by atoms with Crippen LogP contribution >= 0.6 is 0 Å². The van der Waals surface area contributed by atoms with Crippen molar-refractivity contribution in [1.82, 2.24) is 9.97 Å². The van der Waals surface area contributed by atoms with E-state index < -0.39 is 5.09 Å². The third-order valence-corrected chi connectivity index (χ3v) is 2.83. The number of nitrogens with zero attached hydrogens (tertiary/aromatic N) is 7. The first-order chi connectivity index (χ1) is 14.1. The Hall–Kier alpha value is -3.14. The number of nitrogens with two attached hydrogens (primary N) is 2. The van der Waals surface area contributed by atoms with Crippen LogP contribution in [0, 0.1) is 15.3 Å². The van der Waals surface area contributed by atoms with Gasteiger partial charge in [-0.05, 0) is 48.4 Å². The van der Waals surface area contributed by atoms with E-state index in [1.807, 2.05) is 36.4 Å². The molecule has 12 nitrogen and oxygen atoms in total. The minimum atomic E-state index is -1.75. The van der Waals surface area contributed by atoms with Crippen molar-refractivity contribution in [3.8, 4) is 0 Å². The van der Waals surface area contributed by atoms with Crippen LogP contribution in [-0.4, -0.2) is 56.6 Å². The third-order valence-electron chi connectivity index (χ3n) is 2.67. The summed E-state index contributed by atoms with van der Waals surface area (Å²) in [6, 6.07) is 11.1. The fraction of sp³-hybridized carbons (Fsp3) is 0.125. The van der Waals surface area contributed by atoms with Gasteiger partial charge in [-0.3, -0.25) is 9.97 Å². The molecule has 160 valence electrons. The second-order valence-corrected chi connectivity index (χ2v) is 5.74. The number of rotatable bonds is 4. The van der Waals surface area contributed by atoms with Crippen molar-refractivity contribution in [1.29, 1.82) is 0 Å². The topological polar surface area (TPSA) is 193 Å². The zero-order valence-electron chi connectivity index (χ0n) is 16.5. The maximum Gasteiger partial charge on any atom is 3.00 e. The first-order valence-corrected chi connectivity index (χ1v) is 8.69. The molecule has 4 N–H and O–H groups in total. The van der Waals surface area contributed by atoms with Gasteiger partial charge in [0.2, 0.25) is 0 Å². The van der Waals surface area contributed by atoms with Gasteiger partial charge in [-0.1, -0.05) is 12.1 Å². The van der Waals surface area contributed by atoms with Gasteiger partial charge in [0.1, 0.15) is 0 Å². The smallest absolute Gasteiger partial charge is 0.741 e. The largest absolute Gasteiger partial charge is 3.00 e. The molecular weight excluding hydrogens is 500 g/mol. The molecule has 0 unspecified atom stereocenters. The molecule has 0 saturated carbocycles. The normalized spacial score (nSPS) is 11.7. The predicted octanol–water partition coefficient (Wildman–Crippen LogP) is 0.715. The van der Waals surface area contributed by atoms with E-state index in [1.165, 1.54) is 0 Å². The Bertz CT molecular complexity index is 830. The molecule has 0 fully saturated rings. The molecule has 0 aromatic carbocycles. The molecule has 0 atom stereocenters. The van der Waals surface area contributed by atoms with Crippen molar-refractivity contribution in [3.05, 3.63) is 75.5 Å². The Morgan fingerprint density at radius 1 is 0.839 bits per heavy atom. The van der Waals surface area contributed by atoms with E-state index >= 15 is 0 Å². The molecule has 0 aliphatic carbocycles. The van der Waals surface area contributed by atoms with E-state index in [9.17, 15) is 0 Å². The van der Waals surface area contributed by atoms with E-state index in [1.54, 1.807) is 26.2 Å². The van der Waals surface area contributed by atoms with Gasteiger partial charge in [-0.15, -0.1) is 0 Å². The van der Waals surface area contributed by atoms with E-state index in [4.69, 9.17) is 26.8 Å². The summed E-state index contributed by atoms with van der Waals surface area (Å²) in [4.78, 5) is 16.4. The summed E-state index contributed by atoms with van der Waals surface area (Å²) in [6.07, 6.45) is 3.38. The molecule has 0 aliphatic rings. The number of hydrogen-bond donors (Lipinski definition) is 2. The monoisotopic (exact) mass is 517 g/mol. The molecule has 2 aromatic rings. The molecule has 31 heavy (non-hydrogen) atoms. The number of amidine groups is 2. The van der Waals surface area contributed by atoms with Crippen LogP contribution in [0.2, 0.25) is 0 Å². The van der Waals surface area contributed by atoms with Crippen LogP contribution in [0.1, 0.15) is 25.2 Å². The fourth-order valence-electron chi connectivity index (χ4n) is 1.50. The first-order valence-electron chi connectivity index (χ1n) is 7.87. The van der Waals surface area contributed by atoms with E-state index in [-0.39, 0.29) is 30.1 Å². The molecule has 2 rings (SSSR count). The number of aromatic nitrogens is 2. The molecule has 0 aliphatic heterocycles. The second kappa shape index (κ2) is 17.7. The average Bonchev–Trinajstić information content (AvgIpc) is 2.71. The summed E-state index contributed by atoms with van der Waals surface area (Å²) >= 11 is 9.10. The first kappa shape index (κ1) is 30.1. The molecule has 2 heterocycles. The zero-order chi connectivity index (χ0) is 22.9. The molecule has 0 radical (unpaired) electrons. The van der Waals surface area contributed by atoms with Crippen LogP contribution < -0.4 is 11.5 Å². The molecule has 0 saturated heterocycles. The number of pyridine rings is 2. The summed E-state index contributed by atoms with van der Waals surface area (Å²) in [5.41, 5.74) is 13.2. The van der Waals surface area contributed by atoms with Gasteiger partial charge in [-0.2, -0.15) is 20.4 Å². The minimum absolute atomic E-state index is 0.